The second kappa shape index (κ2) is 8.33. The van der Waals surface area contributed by atoms with Gasteiger partial charge in [0, 0.05) is 12.5 Å². The number of carboxylic acid groups (broad SMARTS) is 1. The third-order valence-electron chi connectivity index (χ3n) is 4.34. The van der Waals surface area contributed by atoms with Gasteiger partial charge in [-0.2, -0.15) is 0 Å². The lowest BCUT2D eigenvalue weighted by atomic mass is 9.96. The van der Waals surface area contributed by atoms with E-state index in [9.17, 15) is 18.0 Å². The van der Waals surface area contributed by atoms with Gasteiger partial charge in [-0.3, -0.25) is 4.79 Å². The molecule has 0 radical (unpaired) electrons. The smallest absolute Gasteiger partial charge is 0.303 e. The summed E-state index contributed by atoms with van der Waals surface area (Å²) in [6.07, 6.45) is 2.90. The van der Waals surface area contributed by atoms with Crippen molar-refractivity contribution in [3.63, 3.8) is 0 Å². The van der Waals surface area contributed by atoms with E-state index >= 15 is 0 Å². The summed E-state index contributed by atoms with van der Waals surface area (Å²) in [5.74, 6) is -3.70. The first-order valence-electron chi connectivity index (χ1n) is 8.73. The summed E-state index contributed by atoms with van der Waals surface area (Å²) < 4.78 is 53.1. The Hall–Kier alpha value is -2.70. The summed E-state index contributed by atoms with van der Waals surface area (Å²) in [6.45, 7) is -0.126. The predicted octanol–water partition coefficient (Wildman–Crippen LogP) is 4.95. The molecule has 7 heteroatoms. The third-order valence-corrected chi connectivity index (χ3v) is 4.34. The highest BCUT2D eigenvalue weighted by Crippen LogP contribution is 2.33. The number of halogens is 3. The Morgan fingerprint density at radius 3 is 2.30 bits per heavy atom. The van der Waals surface area contributed by atoms with Gasteiger partial charge in [0.05, 0.1) is 12.7 Å². The lowest BCUT2D eigenvalue weighted by Gasteiger charge is -2.26. The van der Waals surface area contributed by atoms with Crippen LogP contribution in [-0.2, 0) is 4.79 Å². The van der Waals surface area contributed by atoms with Crippen molar-refractivity contribution >= 4 is 5.97 Å². The van der Waals surface area contributed by atoms with E-state index in [1.165, 1.54) is 12.1 Å². The highest BCUT2D eigenvalue weighted by atomic mass is 19.1. The zero-order valence-corrected chi connectivity index (χ0v) is 14.5. The number of ether oxygens (including phenoxy) is 2. The number of carbonyl (C=O) groups is 1. The van der Waals surface area contributed by atoms with Crippen molar-refractivity contribution in [2.45, 2.75) is 38.2 Å². The molecule has 0 saturated heterocycles. The molecular weight excluding hydrogens is 361 g/mol. The van der Waals surface area contributed by atoms with Gasteiger partial charge in [-0.1, -0.05) is 0 Å². The minimum absolute atomic E-state index is 0.0506. The molecule has 0 amide bonds. The molecule has 1 fully saturated rings. The largest absolute Gasteiger partial charge is 0.490 e. The molecule has 0 atom stereocenters. The average Bonchev–Trinajstić information content (AvgIpc) is 2.56. The van der Waals surface area contributed by atoms with Gasteiger partial charge in [-0.05, 0) is 61.1 Å². The van der Waals surface area contributed by atoms with Gasteiger partial charge in [0.15, 0.2) is 17.4 Å². The topological polar surface area (TPSA) is 55.8 Å². The van der Waals surface area contributed by atoms with Gasteiger partial charge in [0.25, 0.3) is 0 Å². The molecule has 3 rings (SSSR count). The van der Waals surface area contributed by atoms with Crippen molar-refractivity contribution in [3.8, 4) is 22.6 Å². The van der Waals surface area contributed by atoms with Gasteiger partial charge in [0.2, 0.25) is 0 Å². The van der Waals surface area contributed by atoms with Crippen LogP contribution in [0.25, 0.3) is 11.1 Å². The Labute approximate surface area is 154 Å². The Balaban J connectivity index is 1.77. The van der Waals surface area contributed by atoms with Crippen molar-refractivity contribution in [3.05, 3.63) is 47.8 Å². The van der Waals surface area contributed by atoms with E-state index in [0.29, 0.717) is 11.3 Å². The standard InChI is InChI=1S/C20H19F3O4/c21-14-7-12(8-16(11-14)27-15-3-1-4-15)13-9-17(22)20(18(23)10-13)26-6-2-5-19(24)25/h7-11,15H,1-6H2,(H,24,25). The molecule has 0 aliphatic heterocycles. The van der Waals surface area contributed by atoms with Crippen molar-refractivity contribution in [1.82, 2.24) is 0 Å². The molecule has 2 aromatic rings. The Morgan fingerprint density at radius 2 is 1.70 bits per heavy atom. The quantitative estimate of drug-likeness (QED) is 0.659. The summed E-state index contributed by atoms with van der Waals surface area (Å²) in [5, 5.41) is 8.56. The Morgan fingerprint density at radius 1 is 1.04 bits per heavy atom. The van der Waals surface area contributed by atoms with Crippen molar-refractivity contribution in [2.24, 2.45) is 0 Å². The molecule has 1 saturated carbocycles. The molecule has 0 spiro atoms. The maximum absolute atomic E-state index is 14.3. The fourth-order valence-corrected chi connectivity index (χ4v) is 2.74. The van der Waals surface area contributed by atoms with Crippen LogP contribution in [0, 0.1) is 17.5 Å². The minimum Gasteiger partial charge on any atom is -0.490 e. The highest BCUT2D eigenvalue weighted by molar-refractivity contribution is 5.67. The summed E-state index contributed by atoms with van der Waals surface area (Å²) in [7, 11) is 0. The van der Waals surface area contributed by atoms with E-state index in [4.69, 9.17) is 14.6 Å². The van der Waals surface area contributed by atoms with E-state index in [1.54, 1.807) is 6.07 Å². The van der Waals surface area contributed by atoms with Crippen LogP contribution in [0.1, 0.15) is 32.1 Å². The molecule has 0 aromatic heterocycles. The number of rotatable bonds is 8. The minimum atomic E-state index is -1.01. The SMILES string of the molecule is O=C(O)CCCOc1c(F)cc(-c2cc(F)cc(OC3CCC3)c2)cc1F. The molecule has 4 nitrogen and oxygen atoms in total. The van der Waals surface area contributed by atoms with Gasteiger partial charge < -0.3 is 14.6 Å². The Kier molecular flexibility index (Phi) is 5.88. The fourth-order valence-electron chi connectivity index (χ4n) is 2.74. The molecule has 2 aromatic carbocycles. The zero-order valence-electron chi connectivity index (χ0n) is 14.5. The van der Waals surface area contributed by atoms with Crippen LogP contribution in [0.5, 0.6) is 11.5 Å². The lowest BCUT2D eigenvalue weighted by molar-refractivity contribution is -0.137. The van der Waals surface area contributed by atoms with Crippen LogP contribution in [0.4, 0.5) is 13.2 Å². The van der Waals surface area contributed by atoms with Crippen LogP contribution in [-0.4, -0.2) is 23.8 Å². The fraction of sp³-hybridized carbons (Fsp3) is 0.350. The summed E-state index contributed by atoms with van der Waals surface area (Å²) >= 11 is 0. The van der Waals surface area contributed by atoms with Gasteiger partial charge in [-0.15, -0.1) is 0 Å². The molecule has 1 N–H and O–H groups in total. The normalized spacial score (nSPS) is 13.9. The van der Waals surface area contributed by atoms with Gasteiger partial charge >= 0.3 is 5.97 Å². The second-order valence-electron chi connectivity index (χ2n) is 6.46. The molecule has 0 bridgehead atoms. The molecule has 0 heterocycles. The third kappa shape index (κ3) is 4.93. The van der Waals surface area contributed by atoms with Crippen molar-refractivity contribution in [1.29, 1.82) is 0 Å². The first-order valence-corrected chi connectivity index (χ1v) is 8.73. The maximum atomic E-state index is 14.3. The number of hydrogen-bond acceptors (Lipinski definition) is 3. The first-order chi connectivity index (χ1) is 12.9. The van der Waals surface area contributed by atoms with Gasteiger partial charge in [-0.25, -0.2) is 13.2 Å². The molecule has 27 heavy (non-hydrogen) atoms. The summed E-state index contributed by atoms with van der Waals surface area (Å²) in [6, 6.07) is 6.07. The molecular formula is C20H19F3O4. The van der Waals surface area contributed by atoms with E-state index < -0.39 is 29.2 Å². The van der Waals surface area contributed by atoms with E-state index in [1.807, 2.05) is 0 Å². The van der Waals surface area contributed by atoms with Crippen LogP contribution in [0.15, 0.2) is 30.3 Å². The molecule has 144 valence electrons. The van der Waals surface area contributed by atoms with Crippen molar-refractivity contribution < 1.29 is 32.5 Å². The Bertz CT molecular complexity index is 811. The zero-order chi connectivity index (χ0) is 19.4. The van der Waals surface area contributed by atoms with E-state index in [2.05, 4.69) is 0 Å². The monoisotopic (exact) mass is 380 g/mol. The summed E-state index contributed by atoms with van der Waals surface area (Å²) in [5.41, 5.74) is 0.445. The average molecular weight is 380 g/mol. The highest BCUT2D eigenvalue weighted by Gasteiger charge is 2.20. The number of aliphatic carboxylic acids is 1. The first kappa shape index (κ1) is 19.1. The van der Waals surface area contributed by atoms with Gasteiger partial charge in [0.1, 0.15) is 11.6 Å². The van der Waals surface area contributed by atoms with E-state index in [0.717, 1.165) is 31.4 Å². The van der Waals surface area contributed by atoms with Crippen LogP contribution < -0.4 is 9.47 Å². The van der Waals surface area contributed by atoms with E-state index in [-0.39, 0.29) is 31.1 Å². The van der Waals surface area contributed by atoms with Crippen LogP contribution >= 0.6 is 0 Å². The number of benzene rings is 2. The van der Waals surface area contributed by atoms with Crippen LogP contribution in [0.3, 0.4) is 0 Å². The van der Waals surface area contributed by atoms with Crippen LogP contribution in [0.2, 0.25) is 0 Å². The molecule has 1 aliphatic carbocycles. The molecule has 1 aliphatic rings. The predicted molar refractivity (Wildman–Crippen MR) is 92.4 cm³/mol. The number of hydrogen-bond donors (Lipinski definition) is 1. The number of carboxylic acids is 1. The second-order valence-corrected chi connectivity index (χ2v) is 6.46. The maximum Gasteiger partial charge on any atom is 0.303 e. The molecule has 0 unspecified atom stereocenters. The lowest BCUT2D eigenvalue weighted by Crippen LogP contribution is -2.24. The van der Waals surface area contributed by atoms with Crippen molar-refractivity contribution in [2.75, 3.05) is 6.61 Å². The summed E-state index contributed by atoms with van der Waals surface area (Å²) in [4.78, 5) is 10.4.